The Morgan fingerprint density at radius 2 is 1.75 bits per heavy atom. The van der Waals surface area contributed by atoms with E-state index in [4.69, 9.17) is 0 Å². The van der Waals surface area contributed by atoms with Crippen molar-refractivity contribution in [2.75, 3.05) is 0 Å². The number of aryl methyl sites for hydroxylation is 2. The van der Waals surface area contributed by atoms with Crippen LogP contribution in [0.25, 0.3) is 5.65 Å². The number of rotatable bonds is 3. The number of nitrogens with zero attached hydrogens (tertiary/aromatic N) is 2. The molecule has 0 atom stereocenters. The van der Waals surface area contributed by atoms with Crippen molar-refractivity contribution in [2.45, 2.75) is 13.8 Å². The van der Waals surface area contributed by atoms with E-state index in [1.165, 1.54) is 10.0 Å². The van der Waals surface area contributed by atoms with Gasteiger partial charge >= 0.3 is 123 Å². The molecular weight excluding hydrogens is 315 g/mol. The standard InChI is InChI=1S/C16H14N2OSe/c1-11-3-6-13(7-4-11)20-16-14(10-19)18-9-12(2)5-8-15(18)17-16/h3-10H,1-2H3. The molecule has 0 aliphatic carbocycles. The SMILES string of the molecule is Cc1ccc([Se]c2nc3ccc(C)cn3c2C=O)cc1. The summed E-state index contributed by atoms with van der Waals surface area (Å²) in [6.45, 7) is 4.08. The molecule has 0 spiro atoms. The van der Waals surface area contributed by atoms with Crippen LogP contribution in [0.1, 0.15) is 21.6 Å². The zero-order valence-corrected chi connectivity index (χ0v) is 13.0. The second-order valence-corrected chi connectivity index (χ2v) is 7.00. The van der Waals surface area contributed by atoms with Crippen LogP contribution in [-0.2, 0) is 0 Å². The quantitative estimate of drug-likeness (QED) is 0.538. The van der Waals surface area contributed by atoms with Crippen LogP contribution in [0.15, 0.2) is 42.6 Å². The van der Waals surface area contributed by atoms with Gasteiger partial charge in [-0.3, -0.25) is 0 Å². The van der Waals surface area contributed by atoms with E-state index in [1.54, 1.807) is 0 Å². The number of hydrogen-bond donors (Lipinski definition) is 0. The summed E-state index contributed by atoms with van der Waals surface area (Å²) in [6.07, 6.45) is 2.87. The van der Waals surface area contributed by atoms with E-state index in [2.05, 4.69) is 36.2 Å². The second kappa shape index (κ2) is 5.23. The summed E-state index contributed by atoms with van der Waals surface area (Å²) in [5.74, 6) is 0. The number of pyridine rings is 1. The van der Waals surface area contributed by atoms with Crippen molar-refractivity contribution < 1.29 is 4.79 Å². The molecule has 100 valence electrons. The fraction of sp³-hybridized carbons (Fsp3) is 0.125. The van der Waals surface area contributed by atoms with Crippen molar-refractivity contribution in [2.24, 2.45) is 0 Å². The summed E-state index contributed by atoms with van der Waals surface area (Å²) in [5.41, 5.74) is 3.86. The van der Waals surface area contributed by atoms with Gasteiger partial charge in [0.05, 0.1) is 0 Å². The van der Waals surface area contributed by atoms with Crippen LogP contribution in [0.5, 0.6) is 0 Å². The zero-order valence-electron chi connectivity index (χ0n) is 11.3. The maximum absolute atomic E-state index is 11.4. The minimum atomic E-state index is 0.0455. The Bertz CT molecular complexity index is 775. The summed E-state index contributed by atoms with van der Waals surface area (Å²) in [7, 11) is 0. The molecule has 0 aliphatic rings. The average Bonchev–Trinajstić information content (AvgIpc) is 2.78. The van der Waals surface area contributed by atoms with Crippen molar-refractivity contribution in [3.05, 3.63) is 59.4 Å². The first-order valence-electron chi connectivity index (χ1n) is 6.36. The van der Waals surface area contributed by atoms with E-state index in [9.17, 15) is 4.79 Å². The van der Waals surface area contributed by atoms with Crippen molar-refractivity contribution in [3.63, 3.8) is 0 Å². The summed E-state index contributed by atoms with van der Waals surface area (Å²) in [4.78, 5) is 16.0. The fourth-order valence-corrected chi connectivity index (χ4v) is 3.91. The van der Waals surface area contributed by atoms with E-state index in [0.29, 0.717) is 5.69 Å². The van der Waals surface area contributed by atoms with Crippen LogP contribution in [0.4, 0.5) is 0 Å². The molecule has 0 amide bonds. The number of carbonyl (C=O) groups is 1. The Labute approximate surface area is 123 Å². The molecule has 0 saturated heterocycles. The topological polar surface area (TPSA) is 34.4 Å². The first kappa shape index (κ1) is 13.1. The maximum atomic E-state index is 11.4. The predicted molar refractivity (Wildman–Crippen MR) is 81.5 cm³/mol. The molecular formula is C16H14N2OSe. The molecule has 3 nitrogen and oxygen atoms in total. The van der Waals surface area contributed by atoms with Gasteiger partial charge in [-0.25, -0.2) is 0 Å². The van der Waals surface area contributed by atoms with Crippen LogP contribution in [0.2, 0.25) is 0 Å². The molecule has 0 unspecified atom stereocenters. The summed E-state index contributed by atoms with van der Waals surface area (Å²) in [5, 5.41) is 0. The van der Waals surface area contributed by atoms with E-state index in [1.807, 2.05) is 29.7 Å². The Morgan fingerprint density at radius 3 is 2.45 bits per heavy atom. The summed E-state index contributed by atoms with van der Waals surface area (Å²) in [6, 6.07) is 12.4. The molecule has 0 bridgehead atoms. The molecule has 0 aliphatic heterocycles. The van der Waals surface area contributed by atoms with E-state index < -0.39 is 0 Å². The van der Waals surface area contributed by atoms with Crippen LogP contribution < -0.4 is 9.05 Å². The van der Waals surface area contributed by atoms with Gasteiger partial charge in [-0.15, -0.1) is 0 Å². The van der Waals surface area contributed by atoms with Crippen LogP contribution in [0, 0.1) is 13.8 Å². The normalized spacial score (nSPS) is 10.9. The van der Waals surface area contributed by atoms with E-state index >= 15 is 0 Å². The molecule has 0 N–H and O–H groups in total. The van der Waals surface area contributed by atoms with Gasteiger partial charge in [-0.05, 0) is 0 Å². The molecule has 0 fully saturated rings. The third kappa shape index (κ3) is 2.40. The fourth-order valence-electron chi connectivity index (χ4n) is 2.05. The van der Waals surface area contributed by atoms with Crippen molar-refractivity contribution >= 4 is 35.9 Å². The van der Waals surface area contributed by atoms with Gasteiger partial charge in [0.25, 0.3) is 0 Å². The molecule has 0 saturated carbocycles. The van der Waals surface area contributed by atoms with Gasteiger partial charge in [-0.1, -0.05) is 0 Å². The van der Waals surface area contributed by atoms with E-state index in [0.717, 1.165) is 22.1 Å². The Kier molecular flexibility index (Phi) is 3.43. The number of aromatic nitrogens is 2. The van der Waals surface area contributed by atoms with Gasteiger partial charge in [0.1, 0.15) is 0 Å². The van der Waals surface area contributed by atoms with Gasteiger partial charge in [0, 0.05) is 0 Å². The first-order chi connectivity index (χ1) is 9.67. The molecule has 20 heavy (non-hydrogen) atoms. The van der Waals surface area contributed by atoms with Crippen LogP contribution in [-0.4, -0.2) is 30.6 Å². The van der Waals surface area contributed by atoms with Gasteiger partial charge in [0.2, 0.25) is 0 Å². The monoisotopic (exact) mass is 330 g/mol. The summed E-state index contributed by atoms with van der Waals surface area (Å²) >= 11 is 0.0455. The third-order valence-electron chi connectivity index (χ3n) is 3.12. The number of hydrogen-bond acceptors (Lipinski definition) is 2. The zero-order chi connectivity index (χ0) is 14.1. The summed E-state index contributed by atoms with van der Waals surface area (Å²) < 4.78 is 4.00. The molecule has 0 radical (unpaired) electrons. The van der Waals surface area contributed by atoms with E-state index in [-0.39, 0.29) is 15.0 Å². The van der Waals surface area contributed by atoms with Gasteiger partial charge in [0.15, 0.2) is 0 Å². The predicted octanol–water partition coefficient (Wildman–Crippen LogP) is 1.42. The number of fused-ring (bicyclic) bond motifs is 1. The van der Waals surface area contributed by atoms with Gasteiger partial charge < -0.3 is 0 Å². The molecule has 3 aromatic rings. The molecule has 2 heterocycles. The molecule has 4 heteroatoms. The second-order valence-electron chi connectivity index (χ2n) is 4.77. The number of aldehydes is 1. The Balaban J connectivity index is 2.06. The Hall–Kier alpha value is -1.90. The third-order valence-corrected chi connectivity index (χ3v) is 5.22. The van der Waals surface area contributed by atoms with Crippen LogP contribution in [0.3, 0.4) is 0 Å². The Morgan fingerprint density at radius 1 is 1.05 bits per heavy atom. The van der Waals surface area contributed by atoms with Crippen molar-refractivity contribution in [1.29, 1.82) is 0 Å². The number of carbonyl (C=O) groups excluding carboxylic acids is 1. The van der Waals surface area contributed by atoms with Crippen molar-refractivity contribution in [3.8, 4) is 0 Å². The number of benzene rings is 1. The number of imidazole rings is 1. The minimum absolute atomic E-state index is 0.0455. The average molecular weight is 329 g/mol. The molecule has 1 aromatic carbocycles. The molecule has 2 aromatic heterocycles. The van der Waals surface area contributed by atoms with Crippen molar-refractivity contribution in [1.82, 2.24) is 9.38 Å². The van der Waals surface area contributed by atoms with Gasteiger partial charge in [-0.2, -0.15) is 0 Å². The molecule has 3 rings (SSSR count). The van der Waals surface area contributed by atoms with Crippen LogP contribution >= 0.6 is 0 Å². The first-order valence-corrected chi connectivity index (χ1v) is 8.07.